The van der Waals surface area contributed by atoms with E-state index in [0.717, 1.165) is 71.0 Å². The number of nitrogens with zero attached hydrogens (tertiary/aromatic N) is 4. The maximum absolute atomic E-state index is 13.6. The molecule has 3 aromatic carbocycles. The van der Waals surface area contributed by atoms with E-state index < -0.39 is 0 Å². The van der Waals surface area contributed by atoms with Crippen LogP contribution in [0.4, 0.5) is 0 Å². The zero-order valence-electron chi connectivity index (χ0n) is 24.0. The topological polar surface area (TPSA) is 61.4 Å². The Bertz CT molecular complexity index is 1770. The van der Waals surface area contributed by atoms with Crippen molar-refractivity contribution in [2.24, 2.45) is 5.10 Å². The zero-order valence-corrected chi connectivity index (χ0v) is 24.0. The molecule has 208 valence electrons. The summed E-state index contributed by atoms with van der Waals surface area (Å²) in [5, 5.41) is 5.36. The highest BCUT2D eigenvalue weighted by atomic mass is 16.5. The number of fused-ring (bicyclic) bond motifs is 1. The van der Waals surface area contributed by atoms with Crippen LogP contribution in [0.15, 0.2) is 88.8 Å². The third-order valence-electron chi connectivity index (χ3n) is 8.11. The van der Waals surface area contributed by atoms with Gasteiger partial charge in [-0.05, 0) is 81.6 Å². The minimum absolute atomic E-state index is 0.109. The Morgan fingerprint density at radius 3 is 2.49 bits per heavy atom. The van der Waals surface area contributed by atoms with E-state index in [2.05, 4.69) is 67.8 Å². The SMILES string of the molecule is Cc1cccc(COc2ccc(-n3c(C)cc(C=Nn4c(C5CCCCC5)nc5ccccc5c4=O)c3C)cc2)c1. The molecule has 1 aliphatic rings. The number of hydrogen-bond donors (Lipinski definition) is 0. The monoisotopic (exact) mass is 544 g/mol. The number of rotatable bonds is 7. The number of ether oxygens (including phenoxy) is 1. The third-order valence-corrected chi connectivity index (χ3v) is 8.11. The van der Waals surface area contributed by atoms with Crippen molar-refractivity contribution in [3.8, 4) is 11.4 Å². The maximum Gasteiger partial charge on any atom is 0.282 e. The molecular formula is C35H36N4O2. The van der Waals surface area contributed by atoms with Gasteiger partial charge in [0, 0.05) is 28.6 Å². The first kappa shape index (κ1) is 26.8. The molecule has 0 radical (unpaired) electrons. The van der Waals surface area contributed by atoms with Crippen LogP contribution in [-0.4, -0.2) is 20.4 Å². The highest BCUT2D eigenvalue weighted by Gasteiger charge is 2.22. The summed E-state index contributed by atoms with van der Waals surface area (Å²) in [5.41, 5.74) is 7.19. The van der Waals surface area contributed by atoms with E-state index in [0.29, 0.717) is 12.0 Å². The average Bonchev–Trinajstić information content (AvgIpc) is 3.28. The van der Waals surface area contributed by atoms with Crippen LogP contribution in [0.5, 0.6) is 5.75 Å². The van der Waals surface area contributed by atoms with E-state index >= 15 is 0 Å². The molecule has 0 amide bonds. The van der Waals surface area contributed by atoms with Gasteiger partial charge in [-0.2, -0.15) is 9.78 Å². The molecule has 0 saturated heterocycles. The molecule has 0 spiro atoms. The van der Waals surface area contributed by atoms with Crippen LogP contribution in [-0.2, 0) is 6.61 Å². The summed E-state index contributed by atoms with van der Waals surface area (Å²) in [6, 6.07) is 26.2. The second kappa shape index (κ2) is 11.6. The Balaban J connectivity index is 1.28. The lowest BCUT2D eigenvalue weighted by molar-refractivity contribution is 0.306. The zero-order chi connectivity index (χ0) is 28.3. The summed E-state index contributed by atoms with van der Waals surface area (Å²) in [6.07, 6.45) is 7.45. The summed E-state index contributed by atoms with van der Waals surface area (Å²) in [6.45, 7) is 6.80. The fourth-order valence-corrected chi connectivity index (χ4v) is 5.97. The van der Waals surface area contributed by atoms with E-state index in [1.807, 2.05) is 42.6 Å². The molecule has 0 N–H and O–H groups in total. The van der Waals surface area contributed by atoms with Crippen molar-refractivity contribution in [3.63, 3.8) is 0 Å². The molecule has 6 rings (SSSR count). The normalized spacial score (nSPS) is 14.2. The van der Waals surface area contributed by atoms with Gasteiger partial charge in [0.25, 0.3) is 5.56 Å². The highest BCUT2D eigenvalue weighted by Crippen LogP contribution is 2.32. The smallest absolute Gasteiger partial charge is 0.282 e. The second-order valence-corrected chi connectivity index (χ2v) is 11.1. The van der Waals surface area contributed by atoms with E-state index in [1.165, 1.54) is 12.0 Å². The molecule has 1 saturated carbocycles. The minimum Gasteiger partial charge on any atom is -0.489 e. The van der Waals surface area contributed by atoms with Crippen molar-refractivity contribution in [2.45, 2.75) is 65.4 Å². The molecule has 2 aromatic heterocycles. The second-order valence-electron chi connectivity index (χ2n) is 11.1. The predicted molar refractivity (Wildman–Crippen MR) is 166 cm³/mol. The maximum atomic E-state index is 13.6. The van der Waals surface area contributed by atoms with E-state index in [9.17, 15) is 4.79 Å². The van der Waals surface area contributed by atoms with Gasteiger partial charge in [-0.25, -0.2) is 4.98 Å². The molecule has 5 aromatic rings. The first-order valence-electron chi connectivity index (χ1n) is 14.5. The summed E-state index contributed by atoms with van der Waals surface area (Å²) in [4.78, 5) is 18.5. The van der Waals surface area contributed by atoms with Gasteiger partial charge < -0.3 is 9.30 Å². The van der Waals surface area contributed by atoms with Gasteiger partial charge in [-0.1, -0.05) is 61.2 Å². The van der Waals surface area contributed by atoms with Crippen LogP contribution in [0, 0.1) is 20.8 Å². The number of hydrogen-bond acceptors (Lipinski definition) is 4. The quantitative estimate of drug-likeness (QED) is 0.198. The number of aromatic nitrogens is 3. The van der Waals surface area contributed by atoms with Crippen LogP contribution in [0.25, 0.3) is 16.6 Å². The molecule has 1 fully saturated rings. The largest absolute Gasteiger partial charge is 0.489 e. The number of aryl methyl sites for hydroxylation is 2. The number of para-hydroxylation sites is 1. The van der Waals surface area contributed by atoms with Crippen LogP contribution in [0.1, 0.15) is 71.9 Å². The average molecular weight is 545 g/mol. The lowest BCUT2D eigenvalue weighted by Crippen LogP contribution is -2.25. The summed E-state index contributed by atoms with van der Waals surface area (Å²) in [5.74, 6) is 1.86. The van der Waals surface area contributed by atoms with Crippen LogP contribution in [0.2, 0.25) is 0 Å². The van der Waals surface area contributed by atoms with Gasteiger partial charge in [-0.15, -0.1) is 0 Å². The van der Waals surface area contributed by atoms with E-state index in [4.69, 9.17) is 14.8 Å². The molecule has 2 heterocycles. The minimum atomic E-state index is -0.109. The van der Waals surface area contributed by atoms with E-state index in [-0.39, 0.29) is 11.5 Å². The predicted octanol–water partition coefficient (Wildman–Crippen LogP) is 7.62. The fourth-order valence-electron chi connectivity index (χ4n) is 5.97. The molecule has 0 bridgehead atoms. The van der Waals surface area contributed by atoms with Crippen molar-refractivity contribution >= 4 is 17.1 Å². The molecule has 0 unspecified atom stereocenters. The van der Waals surface area contributed by atoms with E-state index in [1.54, 1.807) is 4.68 Å². The molecule has 6 nitrogen and oxygen atoms in total. The number of benzene rings is 3. The molecular weight excluding hydrogens is 508 g/mol. The van der Waals surface area contributed by atoms with Crippen molar-refractivity contribution in [1.82, 2.24) is 14.2 Å². The Morgan fingerprint density at radius 1 is 0.927 bits per heavy atom. The van der Waals surface area contributed by atoms with Crippen LogP contribution >= 0.6 is 0 Å². The van der Waals surface area contributed by atoms with Gasteiger partial charge in [0.05, 0.1) is 17.1 Å². The van der Waals surface area contributed by atoms with Crippen LogP contribution < -0.4 is 10.3 Å². The summed E-state index contributed by atoms with van der Waals surface area (Å²) in [7, 11) is 0. The summed E-state index contributed by atoms with van der Waals surface area (Å²) < 4.78 is 9.78. The molecule has 0 aliphatic heterocycles. The van der Waals surface area contributed by atoms with Gasteiger partial charge in [-0.3, -0.25) is 4.79 Å². The Labute approximate surface area is 241 Å². The fraction of sp³-hybridized carbons (Fsp3) is 0.286. The van der Waals surface area contributed by atoms with Gasteiger partial charge in [0.2, 0.25) is 0 Å². The standard InChI is InChI=1S/C35H36N4O2/c1-24-10-9-11-27(20-24)23-41-31-18-16-30(17-19-31)38-25(2)21-29(26(38)3)22-36-39-34(28-12-5-4-6-13-28)37-33-15-8-7-14-32(33)35(39)40/h7-11,14-22,28H,4-6,12-13,23H2,1-3H3. The lowest BCUT2D eigenvalue weighted by Gasteiger charge is -2.22. The highest BCUT2D eigenvalue weighted by molar-refractivity contribution is 5.82. The van der Waals surface area contributed by atoms with Gasteiger partial charge in [0.15, 0.2) is 0 Å². The first-order chi connectivity index (χ1) is 20.0. The van der Waals surface area contributed by atoms with Crippen molar-refractivity contribution in [1.29, 1.82) is 0 Å². The van der Waals surface area contributed by atoms with Crippen molar-refractivity contribution < 1.29 is 4.74 Å². The van der Waals surface area contributed by atoms with Crippen LogP contribution in [0.3, 0.4) is 0 Å². The van der Waals surface area contributed by atoms with Crippen molar-refractivity contribution in [3.05, 3.63) is 123 Å². The Morgan fingerprint density at radius 2 is 1.71 bits per heavy atom. The third kappa shape index (κ3) is 5.60. The molecule has 1 aliphatic carbocycles. The molecule has 41 heavy (non-hydrogen) atoms. The van der Waals surface area contributed by atoms with Gasteiger partial charge >= 0.3 is 0 Å². The van der Waals surface area contributed by atoms with Crippen molar-refractivity contribution in [2.75, 3.05) is 0 Å². The molecule has 6 heteroatoms. The van der Waals surface area contributed by atoms with Gasteiger partial charge in [0.1, 0.15) is 18.2 Å². The molecule has 0 atom stereocenters. The Kier molecular flexibility index (Phi) is 7.55. The lowest BCUT2D eigenvalue weighted by atomic mass is 9.88. The summed E-state index contributed by atoms with van der Waals surface area (Å²) >= 11 is 0. The first-order valence-corrected chi connectivity index (χ1v) is 14.5. The Hall–Kier alpha value is -4.45.